The number of hydrogen-bond acceptors (Lipinski definition) is 3. The number of rotatable bonds is 1. The third kappa shape index (κ3) is 2.54. The predicted octanol–water partition coefficient (Wildman–Crippen LogP) is 1.48. The Morgan fingerprint density at radius 1 is 1.38 bits per heavy atom. The number of nitrogens with one attached hydrogen (secondary N) is 2. The van der Waals surface area contributed by atoms with E-state index in [0.29, 0.717) is 23.0 Å². The minimum Gasteiger partial charge on any atom is -0.336 e. The van der Waals surface area contributed by atoms with E-state index in [-0.39, 0.29) is 18.4 Å². The molecule has 1 aromatic carbocycles. The van der Waals surface area contributed by atoms with Crippen molar-refractivity contribution in [2.75, 3.05) is 13.1 Å². The van der Waals surface area contributed by atoms with Crippen molar-refractivity contribution in [2.45, 2.75) is 12.0 Å². The molecule has 6 nitrogen and oxygen atoms in total. The Kier molecular flexibility index (Phi) is 3.68. The van der Waals surface area contributed by atoms with Crippen LogP contribution in [0.15, 0.2) is 22.7 Å². The summed E-state index contributed by atoms with van der Waals surface area (Å²) in [5, 5.41) is 4.87. The van der Waals surface area contributed by atoms with Crippen LogP contribution in [-0.2, 0) is 4.79 Å². The van der Waals surface area contributed by atoms with Crippen LogP contribution in [0.2, 0.25) is 0 Å². The number of urea groups is 1. The second-order valence-corrected chi connectivity index (χ2v) is 7.19. The van der Waals surface area contributed by atoms with E-state index in [0.717, 1.165) is 3.57 Å². The monoisotopic (exact) mass is 463 g/mol. The standard InChI is InChI=1S/C13H11BrIN3O3/c14-9-2-1-7(15)5-8(9)10(19)18-4-3-13(6-18)11(20)16-12(21)17-13/h1-2,5H,3-4,6H2,(H2,16,17,20,21). The topological polar surface area (TPSA) is 78.5 Å². The van der Waals surface area contributed by atoms with E-state index >= 15 is 0 Å². The van der Waals surface area contributed by atoms with Crippen molar-refractivity contribution in [1.29, 1.82) is 0 Å². The number of carbonyl (C=O) groups excluding carboxylic acids is 3. The number of imide groups is 1. The van der Waals surface area contributed by atoms with Gasteiger partial charge in [-0.2, -0.15) is 0 Å². The van der Waals surface area contributed by atoms with Crippen LogP contribution < -0.4 is 10.6 Å². The molecule has 110 valence electrons. The fraction of sp³-hybridized carbons (Fsp3) is 0.308. The highest BCUT2D eigenvalue weighted by Gasteiger charge is 2.51. The summed E-state index contributed by atoms with van der Waals surface area (Å²) in [6.07, 6.45) is 0.428. The zero-order chi connectivity index (χ0) is 15.2. The maximum Gasteiger partial charge on any atom is 0.322 e. The highest BCUT2D eigenvalue weighted by Crippen LogP contribution is 2.28. The molecule has 0 bridgehead atoms. The Labute approximate surface area is 142 Å². The van der Waals surface area contributed by atoms with E-state index < -0.39 is 11.6 Å². The van der Waals surface area contributed by atoms with Gasteiger partial charge in [0.05, 0.1) is 12.1 Å². The second kappa shape index (κ2) is 5.24. The molecule has 1 atom stereocenters. The largest absolute Gasteiger partial charge is 0.336 e. The molecule has 21 heavy (non-hydrogen) atoms. The SMILES string of the molecule is O=C1NC(=O)C2(CCN(C(=O)c3cc(I)ccc3Br)C2)N1. The van der Waals surface area contributed by atoms with Gasteiger partial charge in [0.2, 0.25) is 0 Å². The average Bonchev–Trinajstić information content (AvgIpc) is 2.97. The molecule has 0 radical (unpaired) electrons. The van der Waals surface area contributed by atoms with Gasteiger partial charge in [-0.15, -0.1) is 0 Å². The molecule has 2 aliphatic heterocycles. The molecule has 2 saturated heterocycles. The smallest absolute Gasteiger partial charge is 0.322 e. The molecule has 8 heteroatoms. The maximum absolute atomic E-state index is 12.6. The molecule has 1 unspecified atom stereocenters. The highest BCUT2D eigenvalue weighted by molar-refractivity contribution is 14.1. The summed E-state index contributed by atoms with van der Waals surface area (Å²) in [7, 11) is 0. The summed E-state index contributed by atoms with van der Waals surface area (Å²) >= 11 is 5.52. The third-order valence-corrected chi connectivity index (χ3v) is 5.09. The van der Waals surface area contributed by atoms with E-state index in [1.54, 1.807) is 11.0 Å². The van der Waals surface area contributed by atoms with E-state index in [9.17, 15) is 14.4 Å². The highest BCUT2D eigenvalue weighted by atomic mass is 127. The van der Waals surface area contributed by atoms with Crippen LogP contribution in [0.1, 0.15) is 16.8 Å². The lowest BCUT2D eigenvalue weighted by Crippen LogP contribution is -2.49. The molecule has 2 heterocycles. The lowest BCUT2D eigenvalue weighted by atomic mass is 9.99. The Balaban J connectivity index is 1.83. The van der Waals surface area contributed by atoms with Gasteiger partial charge in [-0.1, -0.05) is 0 Å². The predicted molar refractivity (Wildman–Crippen MR) is 86.8 cm³/mol. The summed E-state index contributed by atoms with van der Waals surface area (Å²) in [4.78, 5) is 37.4. The molecular weight excluding hydrogens is 453 g/mol. The Morgan fingerprint density at radius 2 is 2.14 bits per heavy atom. The molecule has 1 spiro atoms. The van der Waals surface area contributed by atoms with E-state index in [2.05, 4.69) is 49.2 Å². The van der Waals surface area contributed by atoms with Crippen LogP contribution in [0.3, 0.4) is 0 Å². The maximum atomic E-state index is 12.6. The number of likely N-dealkylation sites (tertiary alicyclic amines) is 1. The van der Waals surface area contributed by atoms with Gasteiger partial charge >= 0.3 is 6.03 Å². The van der Waals surface area contributed by atoms with E-state index in [4.69, 9.17) is 0 Å². The second-order valence-electron chi connectivity index (χ2n) is 5.09. The minimum absolute atomic E-state index is 0.147. The fourth-order valence-electron chi connectivity index (χ4n) is 2.63. The van der Waals surface area contributed by atoms with Gasteiger partial charge in [-0.05, 0) is 63.1 Å². The van der Waals surface area contributed by atoms with Gasteiger partial charge < -0.3 is 10.2 Å². The molecule has 1 aromatic rings. The number of halogens is 2. The first-order chi connectivity index (χ1) is 9.91. The lowest BCUT2D eigenvalue weighted by molar-refractivity contribution is -0.123. The number of nitrogens with zero attached hydrogens (tertiary/aromatic N) is 1. The quantitative estimate of drug-likeness (QED) is 0.489. The minimum atomic E-state index is -0.971. The molecule has 0 aromatic heterocycles. The summed E-state index contributed by atoms with van der Waals surface area (Å²) in [5.74, 6) is -0.504. The molecular formula is C13H11BrIN3O3. The third-order valence-electron chi connectivity index (χ3n) is 3.73. The van der Waals surface area contributed by atoms with Crippen LogP contribution >= 0.6 is 38.5 Å². The summed E-state index contributed by atoms with van der Waals surface area (Å²) < 4.78 is 1.67. The molecule has 2 fully saturated rings. The number of carbonyl (C=O) groups is 3. The molecule has 2 aliphatic rings. The number of hydrogen-bond donors (Lipinski definition) is 2. The zero-order valence-electron chi connectivity index (χ0n) is 10.8. The van der Waals surface area contributed by atoms with Crippen LogP contribution in [-0.4, -0.2) is 41.4 Å². The van der Waals surface area contributed by atoms with Gasteiger partial charge in [0.25, 0.3) is 11.8 Å². The molecule has 0 saturated carbocycles. The van der Waals surface area contributed by atoms with E-state index in [1.807, 2.05) is 12.1 Å². The normalized spacial score (nSPS) is 24.4. The van der Waals surface area contributed by atoms with Crippen LogP contribution in [0.5, 0.6) is 0 Å². The fourth-order valence-corrected chi connectivity index (χ4v) is 3.54. The van der Waals surface area contributed by atoms with Gasteiger partial charge in [-0.25, -0.2) is 4.79 Å². The first-order valence-electron chi connectivity index (χ1n) is 6.29. The van der Waals surface area contributed by atoms with Crippen LogP contribution in [0, 0.1) is 3.57 Å². The summed E-state index contributed by atoms with van der Waals surface area (Å²) in [6.45, 7) is 0.631. The van der Waals surface area contributed by atoms with Gasteiger partial charge in [-0.3, -0.25) is 14.9 Å². The van der Waals surface area contributed by atoms with Crippen molar-refractivity contribution in [1.82, 2.24) is 15.5 Å². The van der Waals surface area contributed by atoms with Crippen LogP contribution in [0.25, 0.3) is 0 Å². The lowest BCUT2D eigenvalue weighted by Gasteiger charge is -2.21. The molecule has 0 aliphatic carbocycles. The Hall–Kier alpha value is -1.16. The summed E-state index contributed by atoms with van der Waals surface area (Å²) in [6, 6.07) is 5.03. The average molecular weight is 464 g/mol. The van der Waals surface area contributed by atoms with Crippen LogP contribution in [0.4, 0.5) is 4.79 Å². The number of benzene rings is 1. The van der Waals surface area contributed by atoms with Crippen molar-refractivity contribution in [2.24, 2.45) is 0 Å². The Bertz CT molecular complexity index is 666. The van der Waals surface area contributed by atoms with Crippen molar-refractivity contribution in [3.63, 3.8) is 0 Å². The van der Waals surface area contributed by atoms with Crippen molar-refractivity contribution < 1.29 is 14.4 Å². The zero-order valence-corrected chi connectivity index (χ0v) is 14.5. The Morgan fingerprint density at radius 3 is 2.81 bits per heavy atom. The summed E-state index contributed by atoms with van der Waals surface area (Å²) in [5.41, 5.74) is -0.412. The molecule has 3 rings (SSSR count). The van der Waals surface area contributed by atoms with Crippen molar-refractivity contribution >= 4 is 56.4 Å². The van der Waals surface area contributed by atoms with Gasteiger partial charge in [0.15, 0.2) is 0 Å². The van der Waals surface area contributed by atoms with Gasteiger partial charge in [0.1, 0.15) is 5.54 Å². The van der Waals surface area contributed by atoms with Crippen molar-refractivity contribution in [3.8, 4) is 0 Å². The molecule has 2 N–H and O–H groups in total. The number of amides is 4. The first-order valence-corrected chi connectivity index (χ1v) is 8.16. The van der Waals surface area contributed by atoms with Crippen molar-refractivity contribution in [3.05, 3.63) is 31.8 Å². The van der Waals surface area contributed by atoms with Gasteiger partial charge in [0, 0.05) is 14.6 Å². The first kappa shape index (κ1) is 14.8. The van der Waals surface area contributed by atoms with E-state index in [1.165, 1.54) is 0 Å². The molecule has 4 amide bonds.